The molecular weight excluding hydrogens is 383 g/mol. The zero-order chi connectivity index (χ0) is 17.3. The molecule has 0 aromatic heterocycles. The Hall–Kier alpha value is -0.921. The van der Waals surface area contributed by atoms with E-state index in [9.17, 15) is 29.4 Å². The summed E-state index contributed by atoms with van der Waals surface area (Å²) in [7, 11) is 0. The van der Waals surface area contributed by atoms with Crippen molar-refractivity contribution < 1.29 is 29.4 Å². The van der Waals surface area contributed by atoms with Crippen LogP contribution in [0.4, 0.5) is 0 Å². The van der Waals surface area contributed by atoms with Crippen LogP contribution < -0.4 is 10.2 Å². The Morgan fingerprint density at radius 2 is 1.00 bits per heavy atom. The molecule has 0 aliphatic rings. The van der Waals surface area contributed by atoms with Crippen LogP contribution in [-0.4, -0.2) is 44.6 Å². The van der Waals surface area contributed by atoms with Crippen LogP contribution in [0.2, 0.25) is 8.87 Å². The molecule has 0 bridgehead atoms. The molecule has 0 rings (SSSR count). The fraction of sp³-hybridized carbons (Fsp3) is 0.714. The number of hydrogen-bond acceptors (Lipinski definition) is 6. The number of unbranched alkanes of at least 4 members (excludes halogenated alkanes) is 2. The summed E-state index contributed by atoms with van der Waals surface area (Å²) in [5.74, 6) is -5.13. The molecule has 0 aromatic carbocycles. The molecule has 0 aliphatic carbocycles. The Labute approximate surface area is 136 Å². The van der Waals surface area contributed by atoms with E-state index in [1.165, 1.54) is 25.7 Å². The molecule has 0 aromatic rings. The van der Waals surface area contributed by atoms with Gasteiger partial charge < -0.3 is 19.8 Å². The summed E-state index contributed by atoms with van der Waals surface area (Å²) in [5, 5.41) is 18.5. The van der Waals surface area contributed by atoms with Gasteiger partial charge in [-0.2, -0.15) is 0 Å². The van der Waals surface area contributed by atoms with Crippen LogP contribution in [0.3, 0.4) is 0 Å². The van der Waals surface area contributed by atoms with E-state index in [1.54, 1.807) is 8.87 Å². The van der Waals surface area contributed by atoms with Crippen LogP contribution in [0, 0.1) is 0 Å². The summed E-state index contributed by atoms with van der Waals surface area (Å²) in [6.45, 7) is 6.46. The van der Waals surface area contributed by atoms with Crippen LogP contribution in [0.1, 0.15) is 53.4 Å². The van der Waals surface area contributed by atoms with Crippen LogP contribution in [0.5, 0.6) is 0 Å². The van der Waals surface area contributed by atoms with Gasteiger partial charge in [-0.3, -0.25) is 9.59 Å². The van der Waals surface area contributed by atoms with Gasteiger partial charge >= 0.3 is 69.5 Å². The Bertz CT molecular complexity index is 261. The van der Waals surface area contributed by atoms with Gasteiger partial charge in [0, 0.05) is 13.8 Å². The first-order chi connectivity index (χ1) is 9.70. The Kier molecular flexibility index (Phi) is 22.8. The van der Waals surface area contributed by atoms with Gasteiger partial charge in [-0.05, 0) is 0 Å². The Morgan fingerprint density at radius 3 is 1.14 bits per heavy atom. The quantitative estimate of drug-likeness (QED) is 0.312. The van der Waals surface area contributed by atoms with Crippen molar-refractivity contribution in [1.82, 2.24) is 0 Å². The van der Waals surface area contributed by atoms with Crippen molar-refractivity contribution in [2.75, 3.05) is 0 Å². The van der Waals surface area contributed by atoms with Gasteiger partial charge in [-0.1, -0.05) is 0 Å². The number of aliphatic carboxylic acids is 2. The number of carboxylic acids is 2. The first-order valence-electron chi connectivity index (χ1n) is 6.85. The van der Waals surface area contributed by atoms with Crippen LogP contribution in [0.15, 0.2) is 0 Å². The fourth-order valence-electron chi connectivity index (χ4n) is 0.729. The molecule has 0 unspecified atom stereocenters. The Morgan fingerprint density at radius 1 is 0.762 bits per heavy atom. The first-order valence-corrected chi connectivity index (χ1v) is 10.9. The third-order valence-electron chi connectivity index (χ3n) is 1.99. The minimum absolute atomic E-state index is 0.149. The number of rotatable bonds is 8. The average molecular weight is 407 g/mol. The van der Waals surface area contributed by atoms with E-state index in [4.69, 9.17) is 0 Å². The molecule has 0 saturated heterocycles. The standard InChI is InChI=1S/2C4H9.2C3H4O3.Sn/c2*1-3-4-2;2*1-2(4)3(5)6;/h2*1,3-4H2,2H3;2*1H3,(H,5,6);/q;;;;+2/p-2. The van der Waals surface area contributed by atoms with Gasteiger partial charge in [0.05, 0.1) is 0 Å². The minimum atomic E-state index is -1.63. The number of hydrogen-bond donors (Lipinski definition) is 0. The molecule has 21 heavy (non-hydrogen) atoms. The number of carbonyl (C=O) groups is 4. The van der Waals surface area contributed by atoms with Gasteiger partial charge in [0.2, 0.25) is 0 Å². The van der Waals surface area contributed by atoms with Crippen molar-refractivity contribution in [2.24, 2.45) is 0 Å². The van der Waals surface area contributed by atoms with Crippen LogP contribution >= 0.6 is 0 Å². The van der Waals surface area contributed by atoms with E-state index in [1.807, 2.05) is 0 Å². The van der Waals surface area contributed by atoms with E-state index < -0.39 is 23.5 Å². The molecule has 0 heterocycles. The predicted octanol–water partition coefficient (Wildman–Crippen LogP) is -0.222. The summed E-state index contributed by atoms with van der Waals surface area (Å²) < 4.78 is 3.25. The molecule has 0 N–H and O–H groups in total. The monoisotopic (exact) mass is 408 g/mol. The SMILES string of the molecule is CC(=O)C(=O)[O-].CC(=O)C(=O)[O-].CCC[CH2][Sn+2][CH2]CCC. The van der Waals surface area contributed by atoms with Crippen molar-refractivity contribution in [3.05, 3.63) is 0 Å². The maximum absolute atomic E-state index is 9.48. The average Bonchev–Trinajstić information content (AvgIpc) is 2.40. The molecule has 6 nitrogen and oxygen atoms in total. The number of carbonyl (C=O) groups excluding carboxylic acids is 4. The fourth-order valence-corrected chi connectivity index (χ4v) is 4.89. The van der Waals surface area contributed by atoms with E-state index in [0.717, 1.165) is 13.8 Å². The van der Waals surface area contributed by atoms with Gasteiger partial charge in [-0.15, -0.1) is 0 Å². The van der Waals surface area contributed by atoms with Crippen molar-refractivity contribution in [3.8, 4) is 0 Å². The topological polar surface area (TPSA) is 114 Å². The third-order valence-corrected chi connectivity index (χ3v) is 6.03. The van der Waals surface area contributed by atoms with Crippen molar-refractivity contribution in [1.29, 1.82) is 0 Å². The molecule has 0 atom stereocenters. The number of Topliss-reactive ketones (excluding diaryl/α,β-unsaturated/α-hetero) is 2. The second kappa shape index (κ2) is 19.1. The van der Waals surface area contributed by atoms with Gasteiger partial charge in [-0.25, -0.2) is 0 Å². The molecule has 0 radical (unpaired) electrons. The second-order valence-electron chi connectivity index (χ2n) is 4.14. The van der Waals surface area contributed by atoms with Crippen LogP contribution in [-0.2, 0) is 19.2 Å². The summed E-state index contributed by atoms with van der Waals surface area (Å²) in [5.41, 5.74) is 0. The van der Waals surface area contributed by atoms with Crippen LogP contribution in [0.25, 0.3) is 0 Å². The third kappa shape index (κ3) is 32.5. The molecule has 7 heteroatoms. The molecule has 120 valence electrons. The molecule has 0 saturated carbocycles. The Balaban J connectivity index is -0.000000240. The molecule has 0 fully saturated rings. The zero-order valence-corrected chi connectivity index (χ0v) is 16.0. The van der Waals surface area contributed by atoms with E-state index in [0.29, 0.717) is 0 Å². The second-order valence-corrected chi connectivity index (χ2v) is 8.43. The predicted molar refractivity (Wildman–Crippen MR) is 76.6 cm³/mol. The normalized spacial score (nSPS) is 8.19. The summed E-state index contributed by atoms with van der Waals surface area (Å²) in [6.07, 6.45) is 5.84. The molecule has 0 amide bonds. The summed E-state index contributed by atoms with van der Waals surface area (Å²) in [6, 6.07) is 0. The van der Waals surface area contributed by atoms with Crippen molar-refractivity contribution >= 4 is 44.6 Å². The summed E-state index contributed by atoms with van der Waals surface area (Å²) >= 11 is 0.149. The molecule has 0 aliphatic heterocycles. The van der Waals surface area contributed by atoms with E-state index in [2.05, 4.69) is 13.8 Å². The summed E-state index contributed by atoms with van der Waals surface area (Å²) in [4.78, 5) is 37.4. The van der Waals surface area contributed by atoms with E-state index in [-0.39, 0.29) is 21.1 Å². The first kappa shape index (κ1) is 25.1. The molecular formula is C14H24O6Sn. The van der Waals surface area contributed by atoms with Gasteiger partial charge in [0.25, 0.3) is 0 Å². The van der Waals surface area contributed by atoms with Crippen molar-refractivity contribution in [2.45, 2.75) is 62.3 Å². The van der Waals surface area contributed by atoms with Gasteiger partial charge in [0.15, 0.2) is 11.6 Å². The van der Waals surface area contributed by atoms with E-state index >= 15 is 0 Å². The number of carboxylic acid groups (broad SMARTS) is 2. The zero-order valence-electron chi connectivity index (χ0n) is 13.2. The molecule has 0 spiro atoms. The van der Waals surface area contributed by atoms with Gasteiger partial charge in [0.1, 0.15) is 11.9 Å². The number of ketones is 2. The maximum atomic E-state index is 9.48. The van der Waals surface area contributed by atoms with Crippen molar-refractivity contribution in [3.63, 3.8) is 0 Å².